The van der Waals surface area contributed by atoms with Crippen LogP contribution in [0.1, 0.15) is 5.56 Å². The van der Waals surface area contributed by atoms with Crippen LogP contribution in [0.4, 0.5) is 5.69 Å². The van der Waals surface area contributed by atoms with E-state index in [0.29, 0.717) is 6.54 Å². The molecule has 1 heterocycles. The van der Waals surface area contributed by atoms with Gasteiger partial charge in [0.15, 0.2) is 0 Å². The van der Waals surface area contributed by atoms with Crippen molar-refractivity contribution in [3.8, 4) is 0 Å². The molecule has 0 amide bonds. The van der Waals surface area contributed by atoms with Gasteiger partial charge >= 0.3 is 0 Å². The molecule has 0 aliphatic carbocycles. The summed E-state index contributed by atoms with van der Waals surface area (Å²) in [5.74, 6) is 0. The molecule has 1 aliphatic heterocycles. The van der Waals surface area contributed by atoms with E-state index < -0.39 is 0 Å². The molecule has 1 aliphatic rings. The number of aliphatic imine (C=N–C) groups is 1. The third-order valence-electron chi connectivity index (χ3n) is 2.16. The number of nitrogens with two attached hydrogens (primary N) is 1. The van der Waals surface area contributed by atoms with E-state index in [-0.39, 0.29) is 6.04 Å². The first-order valence-electron chi connectivity index (χ1n) is 4.45. The lowest BCUT2D eigenvalue weighted by Gasteiger charge is -2.14. The maximum Gasteiger partial charge on any atom is 0.0603 e. The maximum absolute atomic E-state index is 5.59. The molecule has 3 heteroatoms. The van der Waals surface area contributed by atoms with Crippen molar-refractivity contribution in [3.05, 3.63) is 29.8 Å². The Morgan fingerprint density at radius 3 is 3.15 bits per heavy atom. The van der Waals surface area contributed by atoms with Gasteiger partial charge in [-0.05, 0) is 6.07 Å². The molecule has 2 rings (SSSR count). The standard InChI is InChI=1S/C10H13N3/c11-5-9-7-12-6-8-3-1-2-4-10(8)13-9/h1-4,6,9,13H,5,7,11H2. The highest BCUT2D eigenvalue weighted by molar-refractivity contribution is 5.88. The Balaban J connectivity index is 2.32. The van der Waals surface area contributed by atoms with E-state index in [9.17, 15) is 0 Å². The summed E-state index contributed by atoms with van der Waals surface area (Å²) in [6.07, 6.45) is 1.90. The molecule has 0 saturated carbocycles. The highest BCUT2D eigenvalue weighted by Gasteiger charge is 2.10. The Morgan fingerprint density at radius 2 is 2.31 bits per heavy atom. The number of nitrogens with one attached hydrogen (secondary N) is 1. The van der Waals surface area contributed by atoms with Gasteiger partial charge in [-0.2, -0.15) is 0 Å². The van der Waals surface area contributed by atoms with Crippen LogP contribution in [0.25, 0.3) is 0 Å². The van der Waals surface area contributed by atoms with E-state index in [1.807, 2.05) is 24.4 Å². The Kier molecular flexibility index (Phi) is 2.27. The lowest BCUT2D eigenvalue weighted by atomic mass is 10.2. The van der Waals surface area contributed by atoms with Gasteiger partial charge < -0.3 is 11.1 Å². The zero-order valence-electron chi connectivity index (χ0n) is 7.40. The van der Waals surface area contributed by atoms with Crippen LogP contribution in [0.3, 0.4) is 0 Å². The van der Waals surface area contributed by atoms with Gasteiger partial charge in [-0.25, -0.2) is 0 Å². The fourth-order valence-electron chi connectivity index (χ4n) is 1.42. The van der Waals surface area contributed by atoms with E-state index in [4.69, 9.17) is 5.73 Å². The number of benzene rings is 1. The molecule has 1 aromatic carbocycles. The Bertz CT molecular complexity index is 320. The van der Waals surface area contributed by atoms with Crippen LogP contribution >= 0.6 is 0 Å². The quantitative estimate of drug-likeness (QED) is 0.665. The average Bonchev–Trinajstić information content (AvgIpc) is 2.38. The Hall–Kier alpha value is -1.35. The maximum atomic E-state index is 5.59. The van der Waals surface area contributed by atoms with Crippen LogP contribution in [0.2, 0.25) is 0 Å². The minimum Gasteiger partial charge on any atom is -0.379 e. The molecule has 13 heavy (non-hydrogen) atoms. The number of benzodiazepines with no additional fused rings is 1. The highest BCUT2D eigenvalue weighted by atomic mass is 15.0. The van der Waals surface area contributed by atoms with E-state index in [0.717, 1.165) is 17.8 Å². The average molecular weight is 175 g/mol. The molecule has 1 unspecified atom stereocenters. The third kappa shape index (κ3) is 1.70. The van der Waals surface area contributed by atoms with Gasteiger partial charge in [0.1, 0.15) is 0 Å². The van der Waals surface area contributed by atoms with Gasteiger partial charge in [0.25, 0.3) is 0 Å². The lowest BCUT2D eigenvalue weighted by molar-refractivity contribution is 0.743. The summed E-state index contributed by atoms with van der Waals surface area (Å²) in [6.45, 7) is 1.37. The summed E-state index contributed by atoms with van der Waals surface area (Å²) < 4.78 is 0. The van der Waals surface area contributed by atoms with Crippen molar-refractivity contribution < 1.29 is 0 Å². The summed E-state index contributed by atoms with van der Waals surface area (Å²) >= 11 is 0. The summed E-state index contributed by atoms with van der Waals surface area (Å²) in [6, 6.07) is 8.38. The van der Waals surface area contributed by atoms with E-state index >= 15 is 0 Å². The minimum atomic E-state index is 0.264. The predicted molar refractivity (Wildman–Crippen MR) is 55.4 cm³/mol. The van der Waals surface area contributed by atoms with E-state index in [2.05, 4.69) is 16.4 Å². The van der Waals surface area contributed by atoms with Crippen molar-refractivity contribution in [2.45, 2.75) is 6.04 Å². The number of para-hydroxylation sites is 1. The van der Waals surface area contributed by atoms with Crippen molar-refractivity contribution in [1.29, 1.82) is 0 Å². The van der Waals surface area contributed by atoms with Crippen LogP contribution in [0.15, 0.2) is 29.3 Å². The van der Waals surface area contributed by atoms with Crippen molar-refractivity contribution >= 4 is 11.9 Å². The van der Waals surface area contributed by atoms with Crippen LogP contribution < -0.4 is 11.1 Å². The Morgan fingerprint density at radius 1 is 1.46 bits per heavy atom. The van der Waals surface area contributed by atoms with Crippen LogP contribution in [0, 0.1) is 0 Å². The van der Waals surface area contributed by atoms with E-state index in [1.165, 1.54) is 0 Å². The zero-order valence-corrected chi connectivity index (χ0v) is 7.40. The molecule has 3 nitrogen and oxygen atoms in total. The van der Waals surface area contributed by atoms with Crippen LogP contribution in [-0.2, 0) is 0 Å². The SMILES string of the molecule is NCC1CN=Cc2ccccc2N1. The smallest absolute Gasteiger partial charge is 0.0603 e. The Labute approximate surface area is 77.7 Å². The monoisotopic (exact) mass is 175 g/mol. The van der Waals surface area contributed by atoms with Gasteiger partial charge in [-0.3, -0.25) is 4.99 Å². The normalized spacial score (nSPS) is 20.2. The van der Waals surface area contributed by atoms with Gasteiger partial charge in [0, 0.05) is 24.0 Å². The molecule has 0 fully saturated rings. The van der Waals surface area contributed by atoms with Crippen LogP contribution in [0.5, 0.6) is 0 Å². The largest absolute Gasteiger partial charge is 0.379 e. The second-order valence-electron chi connectivity index (χ2n) is 3.16. The highest BCUT2D eigenvalue weighted by Crippen LogP contribution is 2.15. The number of rotatable bonds is 1. The van der Waals surface area contributed by atoms with Crippen molar-refractivity contribution in [2.75, 3.05) is 18.4 Å². The second kappa shape index (κ2) is 3.58. The molecular formula is C10H13N3. The van der Waals surface area contributed by atoms with Crippen molar-refractivity contribution in [2.24, 2.45) is 10.7 Å². The van der Waals surface area contributed by atoms with Gasteiger partial charge in [0.2, 0.25) is 0 Å². The molecule has 0 bridgehead atoms. The molecule has 1 atom stereocenters. The number of nitrogens with zero attached hydrogens (tertiary/aromatic N) is 1. The predicted octanol–water partition coefficient (Wildman–Crippen LogP) is 0.858. The lowest BCUT2D eigenvalue weighted by Crippen LogP contribution is -2.31. The summed E-state index contributed by atoms with van der Waals surface area (Å²) in [5, 5.41) is 3.36. The molecular weight excluding hydrogens is 162 g/mol. The van der Waals surface area contributed by atoms with E-state index in [1.54, 1.807) is 0 Å². The molecule has 0 spiro atoms. The molecule has 0 saturated heterocycles. The van der Waals surface area contributed by atoms with Gasteiger partial charge in [-0.1, -0.05) is 18.2 Å². The summed E-state index contributed by atoms with van der Waals surface area (Å²) in [7, 11) is 0. The summed E-state index contributed by atoms with van der Waals surface area (Å²) in [5.41, 5.74) is 7.86. The fourth-order valence-corrected chi connectivity index (χ4v) is 1.42. The van der Waals surface area contributed by atoms with Gasteiger partial charge in [-0.15, -0.1) is 0 Å². The minimum absolute atomic E-state index is 0.264. The fraction of sp³-hybridized carbons (Fsp3) is 0.300. The number of fused-ring (bicyclic) bond motifs is 1. The molecule has 0 radical (unpaired) electrons. The number of hydrogen-bond acceptors (Lipinski definition) is 3. The molecule has 68 valence electrons. The van der Waals surface area contributed by atoms with Crippen LogP contribution in [-0.4, -0.2) is 25.3 Å². The number of hydrogen-bond donors (Lipinski definition) is 2. The second-order valence-corrected chi connectivity index (χ2v) is 3.16. The molecule has 0 aromatic heterocycles. The third-order valence-corrected chi connectivity index (χ3v) is 2.16. The molecule has 3 N–H and O–H groups in total. The van der Waals surface area contributed by atoms with Crippen molar-refractivity contribution in [3.63, 3.8) is 0 Å². The zero-order chi connectivity index (χ0) is 9.10. The number of anilines is 1. The van der Waals surface area contributed by atoms with Crippen molar-refractivity contribution in [1.82, 2.24) is 0 Å². The first-order valence-corrected chi connectivity index (χ1v) is 4.45. The van der Waals surface area contributed by atoms with Gasteiger partial charge in [0.05, 0.1) is 12.6 Å². The first kappa shape index (κ1) is 8.26. The first-order chi connectivity index (χ1) is 6.40. The molecule has 1 aromatic rings. The summed E-state index contributed by atoms with van der Waals surface area (Å²) in [4.78, 5) is 4.30. The topological polar surface area (TPSA) is 50.4 Å².